The van der Waals surface area contributed by atoms with Gasteiger partial charge in [0.05, 0.1) is 0 Å². The summed E-state index contributed by atoms with van der Waals surface area (Å²) in [5.41, 5.74) is -2.33. The first kappa shape index (κ1) is 13.1. The zero-order valence-corrected chi connectivity index (χ0v) is 8.78. The Labute approximate surface area is 96.8 Å². The fourth-order valence-electron chi connectivity index (χ4n) is 1.40. The molecule has 92 valence electrons. The molecule has 0 aliphatic heterocycles. The van der Waals surface area contributed by atoms with E-state index in [1.165, 1.54) is 12.1 Å². The predicted octanol–water partition coefficient (Wildman–Crippen LogP) is -0.510. The number of hydrogen-bond donors (Lipinski definition) is 4. The molecule has 0 bridgehead atoms. The van der Waals surface area contributed by atoms with Gasteiger partial charge in [-0.25, -0.2) is 9.59 Å². The van der Waals surface area contributed by atoms with E-state index in [0.29, 0.717) is 5.56 Å². The number of carboxylic acid groups (broad SMARTS) is 2. The quantitative estimate of drug-likeness (QED) is 0.551. The molecule has 0 aliphatic rings. The fraction of sp³-hybridized carbons (Fsp3) is 0.273. The number of aliphatic hydroxyl groups excluding tert-OH is 1. The van der Waals surface area contributed by atoms with Crippen molar-refractivity contribution in [1.82, 2.24) is 0 Å². The molecule has 1 rings (SSSR count). The van der Waals surface area contributed by atoms with Crippen LogP contribution in [-0.4, -0.2) is 44.1 Å². The van der Waals surface area contributed by atoms with Crippen molar-refractivity contribution in [3.8, 4) is 0 Å². The Bertz CT molecular complexity index is 415. The summed E-state index contributed by atoms with van der Waals surface area (Å²) in [6, 6.07) is 7.98. The standard InChI is InChI=1S/C11H12O6/c12-8(9(13)14)11(17,10(15)16)6-7-4-2-1-3-5-7/h1-5,8,12,17H,6H2,(H,13,14)(H,15,16)/t8-,11+/m0/s1. The van der Waals surface area contributed by atoms with E-state index in [1.807, 2.05) is 0 Å². The van der Waals surface area contributed by atoms with E-state index in [1.54, 1.807) is 18.2 Å². The zero-order valence-electron chi connectivity index (χ0n) is 8.78. The summed E-state index contributed by atoms with van der Waals surface area (Å²) < 4.78 is 0. The van der Waals surface area contributed by atoms with Crippen molar-refractivity contribution >= 4 is 11.9 Å². The molecular formula is C11H12O6. The van der Waals surface area contributed by atoms with Gasteiger partial charge in [-0.3, -0.25) is 0 Å². The van der Waals surface area contributed by atoms with E-state index in [2.05, 4.69) is 0 Å². The summed E-state index contributed by atoms with van der Waals surface area (Å²) in [5.74, 6) is -3.57. The first-order valence-corrected chi connectivity index (χ1v) is 4.78. The number of benzene rings is 1. The topological polar surface area (TPSA) is 115 Å². The second-order valence-electron chi connectivity index (χ2n) is 3.63. The number of carbonyl (C=O) groups is 2. The van der Waals surface area contributed by atoms with Gasteiger partial charge in [-0.2, -0.15) is 0 Å². The molecular weight excluding hydrogens is 228 g/mol. The van der Waals surface area contributed by atoms with Crippen LogP contribution in [0.25, 0.3) is 0 Å². The summed E-state index contributed by atoms with van der Waals surface area (Å²) in [7, 11) is 0. The molecule has 1 aromatic carbocycles. The van der Waals surface area contributed by atoms with Gasteiger partial charge in [-0.1, -0.05) is 30.3 Å². The van der Waals surface area contributed by atoms with Crippen molar-refractivity contribution in [2.75, 3.05) is 0 Å². The van der Waals surface area contributed by atoms with Gasteiger partial charge in [-0.15, -0.1) is 0 Å². The highest BCUT2D eigenvalue weighted by Crippen LogP contribution is 2.18. The average molecular weight is 240 g/mol. The largest absolute Gasteiger partial charge is 0.479 e. The van der Waals surface area contributed by atoms with E-state index < -0.39 is 30.1 Å². The molecule has 2 atom stereocenters. The van der Waals surface area contributed by atoms with Gasteiger partial charge < -0.3 is 20.4 Å². The Hall–Kier alpha value is -1.92. The lowest BCUT2D eigenvalue weighted by Crippen LogP contribution is -2.54. The predicted molar refractivity (Wildman–Crippen MR) is 56.4 cm³/mol. The van der Waals surface area contributed by atoms with Crippen LogP contribution >= 0.6 is 0 Å². The number of aliphatic hydroxyl groups is 2. The van der Waals surface area contributed by atoms with Crippen LogP contribution in [0.2, 0.25) is 0 Å². The minimum atomic E-state index is -2.74. The highest BCUT2D eigenvalue weighted by molar-refractivity contribution is 5.87. The van der Waals surface area contributed by atoms with Gasteiger partial charge in [-0.05, 0) is 5.56 Å². The SMILES string of the molecule is O=C(O)[C@H](O)[C@](O)(Cc1ccccc1)C(=O)O. The Morgan fingerprint density at radius 1 is 1.18 bits per heavy atom. The third-order valence-corrected chi connectivity index (χ3v) is 2.37. The third kappa shape index (κ3) is 2.80. The Balaban J connectivity index is 3.02. The maximum absolute atomic E-state index is 10.9. The molecule has 0 aliphatic carbocycles. The summed E-state index contributed by atoms with van der Waals surface area (Å²) in [6.07, 6.45) is -2.88. The smallest absolute Gasteiger partial charge is 0.339 e. The molecule has 0 heterocycles. The molecule has 0 unspecified atom stereocenters. The molecule has 0 spiro atoms. The van der Waals surface area contributed by atoms with Crippen molar-refractivity contribution in [1.29, 1.82) is 0 Å². The highest BCUT2D eigenvalue weighted by Gasteiger charge is 2.47. The monoisotopic (exact) mass is 240 g/mol. The van der Waals surface area contributed by atoms with E-state index in [-0.39, 0.29) is 0 Å². The van der Waals surface area contributed by atoms with Crippen LogP contribution in [0.15, 0.2) is 30.3 Å². The van der Waals surface area contributed by atoms with Gasteiger partial charge in [0.25, 0.3) is 0 Å². The average Bonchev–Trinajstić information content (AvgIpc) is 2.28. The molecule has 17 heavy (non-hydrogen) atoms. The summed E-state index contributed by atoms with van der Waals surface area (Å²) >= 11 is 0. The summed E-state index contributed by atoms with van der Waals surface area (Å²) in [6.45, 7) is 0. The van der Waals surface area contributed by atoms with Gasteiger partial charge in [0.1, 0.15) is 0 Å². The van der Waals surface area contributed by atoms with Crippen LogP contribution in [0.1, 0.15) is 5.56 Å². The lowest BCUT2D eigenvalue weighted by atomic mass is 9.89. The number of rotatable bonds is 5. The maximum atomic E-state index is 10.9. The maximum Gasteiger partial charge on any atom is 0.339 e. The second kappa shape index (κ2) is 4.94. The fourth-order valence-corrected chi connectivity index (χ4v) is 1.40. The third-order valence-electron chi connectivity index (χ3n) is 2.37. The molecule has 6 nitrogen and oxygen atoms in total. The lowest BCUT2D eigenvalue weighted by molar-refractivity contribution is -0.183. The van der Waals surface area contributed by atoms with Gasteiger partial charge in [0, 0.05) is 6.42 Å². The van der Waals surface area contributed by atoms with Gasteiger partial charge in [0.15, 0.2) is 6.10 Å². The van der Waals surface area contributed by atoms with Gasteiger partial charge in [0.2, 0.25) is 5.60 Å². The van der Waals surface area contributed by atoms with Crippen LogP contribution < -0.4 is 0 Å². The zero-order chi connectivity index (χ0) is 13.1. The molecule has 0 amide bonds. The first-order chi connectivity index (χ1) is 7.88. The van der Waals surface area contributed by atoms with E-state index >= 15 is 0 Å². The van der Waals surface area contributed by atoms with Crippen molar-refractivity contribution in [3.63, 3.8) is 0 Å². The van der Waals surface area contributed by atoms with Crippen LogP contribution in [0.3, 0.4) is 0 Å². The Kier molecular flexibility index (Phi) is 3.82. The lowest BCUT2D eigenvalue weighted by Gasteiger charge is -2.26. The van der Waals surface area contributed by atoms with Crippen molar-refractivity contribution in [2.45, 2.75) is 18.1 Å². The first-order valence-electron chi connectivity index (χ1n) is 4.78. The van der Waals surface area contributed by atoms with Crippen LogP contribution in [0, 0.1) is 0 Å². The molecule has 6 heteroatoms. The molecule has 0 saturated carbocycles. The van der Waals surface area contributed by atoms with Crippen LogP contribution in [-0.2, 0) is 16.0 Å². The summed E-state index contributed by atoms with van der Waals surface area (Å²) in [4.78, 5) is 21.5. The Morgan fingerprint density at radius 3 is 2.12 bits per heavy atom. The van der Waals surface area contributed by atoms with Gasteiger partial charge >= 0.3 is 11.9 Å². The molecule has 0 fully saturated rings. The van der Waals surface area contributed by atoms with E-state index in [9.17, 15) is 19.8 Å². The van der Waals surface area contributed by atoms with E-state index in [0.717, 1.165) is 0 Å². The minimum Gasteiger partial charge on any atom is -0.479 e. The van der Waals surface area contributed by atoms with Crippen molar-refractivity contribution < 1.29 is 30.0 Å². The van der Waals surface area contributed by atoms with Crippen molar-refractivity contribution in [3.05, 3.63) is 35.9 Å². The Morgan fingerprint density at radius 2 is 1.71 bits per heavy atom. The number of aliphatic carboxylic acids is 2. The molecule has 0 aromatic heterocycles. The number of carboxylic acids is 2. The van der Waals surface area contributed by atoms with Crippen LogP contribution in [0.5, 0.6) is 0 Å². The molecule has 4 N–H and O–H groups in total. The van der Waals surface area contributed by atoms with Crippen LogP contribution in [0.4, 0.5) is 0 Å². The highest BCUT2D eigenvalue weighted by atomic mass is 16.4. The minimum absolute atomic E-state index is 0.415. The summed E-state index contributed by atoms with van der Waals surface area (Å²) in [5, 5.41) is 36.4. The molecule has 1 aromatic rings. The van der Waals surface area contributed by atoms with E-state index in [4.69, 9.17) is 10.2 Å². The molecule has 0 saturated heterocycles. The normalized spacial score (nSPS) is 15.9. The number of hydrogen-bond acceptors (Lipinski definition) is 4. The second-order valence-corrected chi connectivity index (χ2v) is 3.63. The van der Waals surface area contributed by atoms with Crippen molar-refractivity contribution in [2.24, 2.45) is 0 Å². The molecule has 0 radical (unpaired) electrons.